The van der Waals surface area contributed by atoms with Crippen LogP contribution in [0.3, 0.4) is 0 Å². The Morgan fingerprint density at radius 2 is 1.90 bits per heavy atom. The van der Waals surface area contributed by atoms with Crippen molar-refractivity contribution in [1.29, 1.82) is 0 Å². The average molecular weight is 454 g/mol. The van der Waals surface area contributed by atoms with Gasteiger partial charge in [0.25, 0.3) is 11.5 Å². The molecule has 1 atom stereocenters. The molecule has 152 valence electrons. The molecule has 0 aliphatic carbocycles. The number of nitrogens with zero attached hydrogens (tertiary/aromatic N) is 3. The van der Waals surface area contributed by atoms with Gasteiger partial charge in [-0.2, -0.15) is 0 Å². The Balaban J connectivity index is 1.85. The molecule has 3 heterocycles. The van der Waals surface area contributed by atoms with E-state index in [1.54, 1.807) is 29.3 Å². The highest BCUT2D eigenvalue weighted by molar-refractivity contribution is 8.26. The zero-order valence-corrected chi connectivity index (χ0v) is 18.9. The molecular weight excluding hydrogens is 434 g/mol. The molecule has 30 heavy (non-hydrogen) atoms. The molecule has 1 amide bonds. The molecule has 2 aromatic heterocycles. The van der Waals surface area contributed by atoms with Crippen LogP contribution >= 0.6 is 35.7 Å². The van der Waals surface area contributed by atoms with Gasteiger partial charge >= 0.3 is 0 Å². The Morgan fingerprint density at radius 1 is 1.17 bits per heavy atom. The smallest absolute Gasteiger partial charge is 0.266 e. The molecule has 5 nitrogen and oxygen atoms in total. The monoisotopic (exact) mass is 453 g/mol. The number of benzene rings is 1. The number of hydrogen-bond donors (Lipinski definition) is 0. The first-order chi connectivity index (χ1) is 14.5. The molecule has 1 fully saturated rings. The lowest BCUT2D eigenvalue weighted by atomic mass is 10.2. The number of rotatable bonds is 5. The Morgan fingerprint density at radius 3 is 2.63 bits per heavy atom. The van der Waals surface area contributed by atoms with Gasteiger partial charge in [-0.1, -0.05) is 66.9 Å². The Hall–Kier alpha value is -2.42. The molecule has 4 rings (SSSR count). The van der Waals surface area contributed by atoms with Gasteiger partial charge in [-0.05, 0) is 43.7 Å². The van der Waals surface area contributed by atoms with Crippen LogP contribution in [0.1, 0.15) is 25.8 Å². The topological polar surface area (TPSA) is 54.7 Å². The number of thioether (sulfide) groups is 1. The normalized spacial score (nSPS) is 16.6. The Kier molecular flexibility index (Phi) is 6.08. The second kappa shape index (κ2) is 8.75. The molecule has 1 aromatic carbocycles. The van der Waals surface area contributed by atoms with Gasteiger partial charge in [0.05, 0.1) is 10.5 Å². The highest BCUT2D eigenvalue weighted by Gasteiger charge is 2.35. The number of carbonyl (C=O) groups is 1. The predicted molar refractivity (Wildman–Crippen MR) is 127 cm³/mol. The van der Waals surface area contributed by atoms with Crippen molar-refractivity contribution in [2.75, 3.05) is 0 Å². The lowest BCUT2D eigenvalue weighted by molar-refractivity contribution is -0.123. The summed E-state index contributed by atoms with van der Waals surface area (Å²) in [4.78, 5) is 34.0. The van der Waals surface area contributed by atoms with E-state index in [2.05, 4.69) is 0 Å². The fourth-order valence-corrected chi connectivity index (χ4v) is 5.41. The number of pyridine rings is 1. The number of aromatic nitrogens is 2. The lowest BCUT2D eigenvalue weighted by Gasteiger charge is -2.21. The van der Waals surface area contributed by atoms with Crippen molar-refractivity contribution >= 4 is 57.7 Å². The van der Waals surface area contributed by atoms with Crippen molar-refractivity contribution in [2.45, 2.75) is 36.2 Å². The molecule has 3 aromatic rings. The molecule has 8 heteroatoms. The van der Waals surface area contributed by atoms with E-state index in [4.69, 9.17) is 17.2 Å². The minimum absolute atomic E-state index is 0.0115. The van der Waals surface area contributed by atoms with Crippen LogP contribution in [0.25, 0.3) is 11.7 Å². The largest absolute Gasteiger partial charge is 0.290 e. The van der Waals surface area contributed by atoms with E-state index in [9.17, 15) is 9.59 Å². The number of amides is 1. The third kappa shape index (κ3) is 3.95. The van der Waals surface area contributed by atoms with Gasteiger partial charge in [0.2, 0.25) is 0 Å². The quantitative estimate of drug-likeness (QED) is 0.313. The number of thiocarbonyl (C=S) groups is 1. The van der Waals surface area contributed by atoms with Crippen LogP contribution in [-0.4, -0.2) is 30.6 Å². The van der Waals surface area contributed by atoms with Crippen LogP contribution in [0.15, 0.2) is 74.3 Å². The highest BCUT2D eigenvalue weighted by Crippen LogP contribution is 2.36. The second-order valence-electron chi connectivity index (χ2n) is 6.79. The van der Waals surface area contributed by atoms with Crippen LogP contribution in [0.2, 0.25) is 0 Å². The molecule has 1 aliphatic rings. The van der Waals surface area contributed by atoms with Crippen molar-refractivity contribution in [2.24, 2.45) is 0 Å². The van der Waals surface area contributed by atoms with E-state index in [1.807, 2.05) is 50.2 Å². The maximum atomic E-state index is 13.3. The summed E-state index contributed by atoms with van der Waals surface area (Å²) in [5, 5.41) is 0.561. The van der Waals surface area contributed by atoms with Crippen LogP contribution in [0.5, 0.6) is 0 Å². The molecular formula is C22H19N3O2S3. The molecule has 1 unspecified atom stereocenters. The highest BCUT2D eigenvalue weighted by atomic mass is 32.2. The van der Waals surface area contributed by atoms with E-state index in [1.165, 1.54) is 27.9 Å². The first kappa shape index (κ1) is 20.8. The molecule has 1 aliphatic heterocycles. The van der Waals surface area contributed by atoms with Crippen LogP contribution < -0.4 is 5.56 Å². The maximum absolute atomic E-state index is 13.3. The first-order valence-corrected chi connectivity index (χ1v) is 11.5. The number of hydrogen-bond acceptors (Lipinski definition) is 6. The summed E-state index contributed by atoms with van der Waals surface area (Å²) in [6.45, 7) is 3.98. The summed E-state index contributed by atoms with van der Waals surface area (Å²) in [6, 6.07) is 15.2. The van der Waals surface area contributed by atoms with Crippen LogP contribution in [-0.2, 0) is 4.79 Å². The second-order valence-corrected chi connectivity index (χ2v) is 9.53. The van der Waals surface area contributed by atoms with Crippen molar-refractivity contribution < 1.29 is 4.79 Å². The fourth-order valence-electron chi connectivity index (χ4n) is 3.06. The SMILES string of the molecule is CCC(C)N1C(=O)/C(=C/c2c(Sc3ccccc3)nc3ccccn3c2=O)SC1=S. The van der Waals surface area contributed by atoms with E-state index < -0.39 is 0 Å². The molecule has 0 bridgehead atoms. The Bertz CT molecular complexity index is 1220. The zero-order valence-electron chi connectivity index (χ0n) is 16.4. The summed E-state index contributed by atoms with van der Waals surface area (Å²) in [5.74, 6) is -0.160. The minimum atomic E-state index is -0.215. The van der Waals surface area contributed by atoms with Crippen LogP contribution in [0.4, 0.5) is 0 Å². The van der Waals surface area contributed by atoms with Gasteiger partial charge in [0, 0.05) is 17.1 Å². The first-order valence-electron chi connectivity index (χ1n) is 9.51. The zero-order chi connectivity index (χ0) is 21.3. The van der Waals surface area contributed by atoms with Gasteiger partial charge in [0.1, 0.15) is 15.0 Å². The van der Waals surface area contributed by atoms with Gasteiger partial charge in [-0.25, -0.2) is 4.98 Å². The van der Waals surface area contributed by atoms with E-state index in [-0.39, 0.29) is 17.5 Å². The minimum Gasteiger partial charge on any atom is -0.290 e. The fraction of sp³-hybridized carbons (Fsp3) is 0.182. The van der Waals surface area contributed by atoms with Gasteiger partial charge < -0.3 is 0 Å². The van der Waals surface area contributed by atoms with Gasteiger partial charge in [-0.15, -0.1) is 0 Å². The molecule has 0 radical (unpaired) electrons. The van der Waals surface area contributed by atoms with Crippen molar-refractivity contribution in [3.05, 3.63) is 75.6 Å². The number of fused-ring (bicyclic) bond motifs is 1. The number of carbonyl (C=O) groups excluding carboxylic acids is 1. The van der Waals surface area contributed by atoms with Crippen LogP contribution in [0, 0.1) is 0 Å². The third-order valence-corrected chi connectivity index (χ3v) is 7.17. The summed E-state index contributed by atoms with van der Waals surface area (Å²) >= 11 is 8.06. The molecule has 1 saturated heterocycles. The van der Waals surface area contributed by atoms with Crippen molar-refractivity contribution in [3.8, 4) is 0 Å². The summed E-state index contributed by atoms with van der Waals surface area (Å²) in [5.41, 5.74) is 0.732. The van der Waals surface area contributed by atoms with E-state index in [0.29, 0.717) is 25.5 Å². The van der Waals surface area contributed by atoms with Gasteiger partial charge in [-0.3, -0.25) is 18.9 Å². The maximum Gasteiger partial charge on any atom is 0.266 e. The van der Waals surface area contributed by atoms with E-state index in [0.717, 1.165) is 11.3 Å². The van der Waals surface area contributed by atoms with Crippen molar-refractivity contribution in [1.82, 2.24) is 14.3 Å². The summed E-state index contributed by atoms with van der Waals surface area (Å²) < 4.78 is 2.02. The predicted octanol–water partition coefficient (Wildman–Crippen LogP) is 4.85. The lowest BCUT2D eigenvalue weighted by Crippen LogP contribution is -2.36. The average Bonchev–Trinajstić information content (AvgIpc) is 3.04. The van der Waals surface area contributed by atoms with Gasteiger partial charge in [0.15, 0.2) is 0 Å². The summed E-state index contributed by atoms with van der Waals surface area (Å²) in [7, 11) is 0. The third-order valence-electron chi connectivity index (χ3n) is 4.82. The molecule has 0 N–H and O–H groups in total. The van der Waals surface area contributed by atoms with Crippen molar-refractivity contribution in [3.63, 3.8) is 0 Å². The molecule has 0 saturated carbocycles. The standard InChI is InChI=1S/C22H19N3O2S3/c1-3-14(2)25-21(27)17(30-22(25)28)13-16-19(29-15-9-5-4-6-10-15)23-18-11-7-8-12-24(18)20(16)26/h4-14H,3H2,1-2H3/b17-13-. The summed E-state index contributed by atoms with van der Waals surface area (Å²) in [6.07, 6.45) is 4.13. The molecule has 0 spiro atoms. The van der Waals surface area contributed by atoms with E-state index >= 15 is 0 Å². The Labute approximate surface area is 188 Å².